The van der Waals surface area contributed by atoms with Crippen LogP contribution in [0.2, 0.25) is 0 Å². The van der Waals surface area contributed by atoms with Crippen molar-refractivity contribution in [2.45, 2.75) is 19.9 Å². The minimum Gasteiger partial charge on any atom is -0.362 e. The first-order chi connectivity index (χ1) is 14.3. The summed E-state index contributed by atoms with van der Waals surface area (Å²) in [5.41, 5.74) is 1.15. The first-order valence-electron chi connectivity index (χ1n) is 9.61. The van der Waals surface area contributed by atoms with Gasteiger partial charge in [-0.25, -0.2) is 4.39 Å². The predicted molar refractivity (Wildman–Crippen MR) is 110 cm³/mol. The van der Waals surface area contributed by atoms with Gasteiger partial charge in [-0.2, -0.15) is 0 Å². The van der Waals surface area contributed by atoms with E-state index in [2.05, 4.69) is 5.32 Å². The highest BCUT2D eigenvalue weighted by Crippen LogP contribution is 2.30. The van der Waals surface area contributed by atoms with Crippen LogP contribution in [-0.2, 0) is 4.79 Å². The van der Waals surface area contributed by atoms with Crippen LogP contribution in [0, 0.1) is 15.9 Å². The SMILES string of the molecule is CC(=O)N1CCN(c2ccc(C(=O)N[C@@H](C)c3ccc(F)cc3)cc2[N+](=O)[O-])CC1. The van der Waals surface area contributed by atoms with Gasteiger partial charge in [0.05, 0.1) is 11.0 Å². The smallest absolute Gasteiger partial charge is 0.293 e. The number of nitro benzene ring substituents is 1. The number of benzene rings is 2. The zero-order chi connectivity index (χ0) is 21.8. The molecule has 0 bridgehead atoms. The maximum Gasteiger partial charge on any atom is 0.293 e. The summed E-state index contributed by atoms with van der Waals surface area (Å²) in [6.07, 6.45) is 0. The van der Waals surface area contributed by atoms with Crippen molar-refractivity contribution < 1.29 is 18.9 Å². The van der Waals surface area contributed by atoms with Crippen LogP contribution in [0.3, 0.4) is 0 Å². The summed E-state index contributed by atoms with van der Waals surface area (Å²) in [5, 5.41) is 14.4. The molecule has 0 aliphatic carbocycles. The van der Waals surface area contributed by atoms with E-state index < -0.39 is 16.9 Å². The Balaban J connectivity index is 1.76. The predicted octanol–water partition coefficient (Wildman–Crippen LogP) is 2.89. The fourth-order valence-corrected chi connectivity index (χ4v) is 3.46. The van der Waals surface area contributed by atoms with Gasteiger partial charge < -0.3 is 15.1 Å². The highest BCUT2D eigenvalue weighted by molar-refractivity contribution is 5.96. The number of amides is 2. The minimum atomic E-state index is -0.507. The van der Waals surface area contributed by atoms with Crippen molar-refractivity contribution in [1.82, 2.24) is 10.2 Å². The molecule has 1 saturated heterocycles. The average Bonchev–Trinajstić information content (AvgIpc) is 2.73. The molecule has 0 spiro atoms. The molecule has 0 radical (unpaired) electrons. The van der Waals surface area contributed by atoms with E-state index in [1.807, 2.05) is 4.90 Å². The molecule has 2 aromatic rings. The second kappa shape index (κ2) is 8.89. The van der Waals surface area contributed by atoms with Gasteiger partial charge in [0, 0.05) is 44.7 Å². The Bertz CT molecular complexity index is 956. The second-order valence-electron chi connectivity index (χ2n) is 7.20. The molecule has 1 heterocycles. The van der Waals surface area contributed by atoms with Crippen molar-refractivity contribution in [3.8, 4) is 0 Å². The normalized spacial score (nSPS) is 14.9. The minimum absolute atomic E-state index is 0.0218. The summed E-state index contributed by atoms with van der Waals surface area (Å²) in [7, 11) is 0. The fourth-order valence-electron chi connectivity index (χ4n) is 3.46. The Hall–Kier alpha value is -3.49. The van der Waals surface area contributed by atoms with Gasteiger partial charge in [0.1, 0.15) is 11.5 Å². The lowest BCUT2D eigenvalue weighted by Gasteiger charge is -2.35. The third-order valence-corrected chi connectivity index (χ3v) is 5.22. The van der Waals surface area contributed by atoms with Crippen LogP contribution in [0.5, 0.6) is 0 Å². The van der Waals surface area contributed by atoms with Crippen molar-refractivity contribution in [2.75, 3.05) is 31.1 Å². The number of piperazine rings is 1. The van der Waals surface area contributed by atoms with Gasteiger partial charge in [0.2, 0.25) is 5.91 Å². The quantitative estimate of drug-likeness (QED) is 0.600. The number of anilines is 1. The third kappa shape index (κ3) is 4.73. The molecule has 1 fully saturated rings. The van der Waals surface area contributed by atoms with E-state index >= 15 is 0 Å². The summed E-state index contributed by atoms with van der Waals surface area (Å²) >= 11 is 0. The Morgan fingerprint density at radius 3 is 2.30 bits per heavy atom. The maximum absolute atomic E-state index is 13.1. The first-order valence-corrected chi connectivity index (χ1v) is 9.61. The van der Waals surface area contributed by atoms with Gasteiger partial charge in [-0.05, 0) is 36.8 Å². The van der Waals surface area contributed by atoms with E-state index in [0.717, 1.165) is 5.56 Å². The van der Waals surface area contributed by atoms with Gasteiger partial charge in [0.15, 0.2) is 0 Å². The fraction of sp³-hybridized carbons (Fsp3) is 0.333. The van der Waals surface area contributed by atoms with Crippen LogP contribution < -0.4 is 10.2 Å². The first kappa shape index (κ1) is 21.2. The lowest BCUT2D eigenvalue weighted by molar-refractivity contribution is -0.384. The van der Waals surface area contributed by atoms with E-state index in [4.69, 9.17) is 0 Å². The molecular formula is C21H23FN4O4. The monoisotopic (exact) mass is 414 g/mol. The van der Waals surface area contributed by atoms with Crippen molar-refractivity contribution >= 4 is 23.2 Å². The van der Waals surface area contributed by atoms with Crippen LogP contribution >= 0.6 is 0 Å². The van der Waals surface area contributed by atoms with Crippen LogP contribution in [0.25, 0.3) is 0 Å². The van der Waals surface area contributed by atoms with Crippen LogP contribution in [0.4, 0.5) is 15.8 Å². The Labute approximate surface area is 173 Å². The molecule has 0 aromatic heterocycles. The van der Waals surface area contributed by atoms with Gasteiger partial charge in [0.25, 0.3) is 11.6 Å². The molecule has 3 rings (SSSR count). The summed E-state index contributed by atoms with van der Waals surface area (Å²) in [6.45, 7) is 5.19. The molecule has 158 valence electrons. The molecule has 0 saturated carbocycles. The van der Waals surface area contributed by atoms with Crippen molar-refractivity contribution in [1.29, 1.82) is 0 Å². The molecule has 9 heteroatoms. The number of hydrogen-bond donors (Lipinski definition) is 1. The Morgan fingerprint density at radius 2 is 1.73 bits per heavy atom. The van der Waals surface area contributed by atoms with Crippen molar-refractivity contribution in [2.24, 2.45) is 0 Å². The molecule has 8 nitrogen and oxygen atoms in total. The molecule has 1 aliphatic heterocycles. The lowest BCUT2D eigenvalue weighted by Crippen LogP contribution is -2.48. The summed E-state index contributed by atoms with van der Waals surface area (Å²) in [6, 6.07) is 9.76. The lowest BCUT2D eigenvalue weighted by atomic mass is 10.1. The average molecular weight is 414 g/mol. The number of carbonyl (C=O) groups excluding carboxylic acids is 2. The molecule has 1 aliphatic rings. The van der Waals surface area contributed by atoms with Crippen LogP contribution in [0.15, 0.2) is 42.5 Å². The zero-order valence-corrected chi connectivity index (χ0v) is 16.8. The molecule has 2 amide bonds. The highest BCUT2D eigenvalue weighted by Gasteiger charge is 2.26. The van der Waals surface area contributed by atoms with Crippen molar-refractivity contribution in [3.05, 3.63) is 69.5 Å². The standard InChI is InChI=1S/C21H23FN4O4/c1-14(16-3-6-18(22)7-4-16)23-21(28)17-5-8-19(20(13-17)26(29)30)25-11-9-24(10-12-25)15(2)27/h3-8,13-14H,9-12H2,1-2H3,(H,23,28)/t14-/m0/s1. The van der Waals surface area contributed by atoms with Crippen LogP contribution in [-0.4, -0.2) is 47.8 Å². The van der Waals surface area contributed by atoms with E-state index in [-0.39, 0.29) is 23.0 Å². The molecule has 0 unspecified atom stereocenters. The number of hydrogen-bond acceptors (Lipinski definition) is 5. The van der Waals surface area contributed by atoms with Crippen LogP contribution in [0.1, 0.15) is 35.8 Å². The van der Waals surface area contributed by atoms with E-state index in [9.17, 15) is 24.1 Å². The number of halogens is 1. The molecule has 30 heavy (non-hydrogen) atoms. The van der Waals surface area contributed by atoms with Gasteiger partial charge >= 0.3 is 0 Å². The maximum atomic E-state index is 13.1. The number of rotatable bonds is 5. The number of carbonyl (C=O) groups is 2. The Morgan fingerprint density at radius 1 is 1.10 bits per heavy atom. The van der Waals surface area contributed by atoms with Gasteiger partial charge in [-0.15, -0.1) is 0 Å². The van der Waals surface area contributed by atoms with Gasteiger partial charge in [-0.3, -0.25) is 19.7 Å². The Kier molecular flexibility index (Phi) is 6.29. The molecule has 2 aromatic carbocycles. The van der Waals surface area contributed by atoms with E-state index in [1.54, 1.807) is 36.1 Å². The van der Waals surface area contributed by atoms with E-state index in [0.29, 0.717) is 31.9 Å². The summed E-state index contributed by atoms with van der Waals surface area (Å²) in [4.78, 5) is 38.8. The topological polar surface area (TPSA) is 95.8 Å². The highest BCUT2D eigenvalue weighted by atomic mass is 19.1. The van der Waals surface area contributed by atoms with Gasteiger partial charge in [-0.1, -0.05) is 12.1 Å². The molecule has 1 N–H and O–H groups in total. The summed E-state index contributed by atoms with van der Waals surface area (Å²) in [5.74, 6) is -0.845. The molecular weight excluding hydrogens is 391 g/mol. The summed E-state index contributed by atoms with van der Waals surface area (Å²) < 4.78 is 13.1. The van der Waals surface area contributed by atoms with Crippen molar-refractivity contribution in [3.63, 3.8) is 0 Å². The molecule has 1 atom stereocenters. The number of nitrogens with zero attached hydrogens (tertiary/aromatic N) is 3. The van der Waals surface area contributed by atoms with E-state index in [1.165, 1.54) is 25.1 Å². The zero-order valence-electron chi connectivity index (χ0n) is 16.8. The second-order valence-corrected chi connectivity index (χ2v) is 7.20. The number of nitrogens with one attached hydrogen (secondary N) is 1. The third-order valence-electron chi connectivity index (χ3n) is 5.22. The largest absolute Gasteiger partial charge is 0.362 e. The number of nitro groups is 1.